The first-order chi connectivity index (χ1) is 8.60. The van der Waals surface area contributed by atoms with Crippen molar-refractivity contribution in [3.05, 3.63) is 23.0 Å². The molecule has 2 rings (SSSR count). The Morgan fingerprint density at radius 3 is 2.89 bits per heavy atom. The summed E-state index contributed by atoms with van der Waals surface area (Å²) in [5, 5.41) is 4.98. The van der Waals surface area contributed by atoms with Crippen LogP contribution in [-0.4, -0.2) is 27.3 Å². The molecule has 0 saturated heterocycles. The van der Waals surface area contributed by atoms with Crippen molar-refractivity contribution in [2.75, 3.05) is 6.61 Å². The Labute approximate surface area is 110 Å². The van der Waals surface area contributed by atoms with E-state index in [1.807, 2.05) is 6.92 Å². The molecule has 0 radical (unpaired) electrons. The Bertz CT molecular complexity index is 607. The lowest BCUT2D eigenvalue weighted by Gasteiger charge is -2.10. The quantitative estimate of drug-likeness (QED) is 0.632. The zero-order valence-electron chi connectivity index (χ0n) is 10.5. The second-order valence-electron chi connectivity index (χ2n) is 3.92. The molecule has 0 saturated carbocycles. The maximum Gasteiger partial charge on any atom is 0.340 e. The van der Waals surface area contributed by atoms with E-state index in [4.69, 9.17) is 16.3 Å². The highest BCUT2D eigenvalue weighted by Crippen LogP contribution is 2.24. The molecular weight excluding hydrogens is 254 g/mol. The fourth-order valence-corrected chi connectivity index (χ4v) is 2.13. The minimum absolute atomic E-state index is 0.163. The fraction of sp³-hybridized carbons (Fsp3) is 0.417. The van der Waals surface area contributed by atoms with Gasteiger partial charge in [0.15, 0.2) is 5.65 Å². The van der Waals surface area contributed by atoms with Crippen LogP contribution in [0.3, 0.4) is 0 Å². The lowest BCUT2D eigenvalue weighted by atomic mass is 10.1. The lowest BCUT2D eigenvalue weighted by molar-refractivity contribution is 0.0524. The third kappa shape index (κ3) is 1.95. The van der Waals surface area contributed by atoms with Crippen LogP contribution in [0.4, 0.5) is 0 Å². The van der Waals surface area contributed by atoms with E-state index in [1.54, 1.807) is 24.9 Å². The molecule has 96 valence electrons. The molecule has 0 N–H and O–H groups in total. The van der Waals surface area contributed by atoms with Crippen molar-refractivity contribution < 1.29 is 9.53 Å². The van der Waals surface area contributed by atoms with Crippen LogP contribution in [0.25, 0.3) is 11.0 Å². The Morgan fingerprint density at radius 2 is 2.28 bits per heavy atom. The van der Waals surface area contributed by atoms with Crippen molar-refractivity contribution in [3.8, 4) is 0 Å². The Kier molecular flexibility index (Phi) is 3.52. The summed E-state index contributed by atoms with van der Waals surface area (Å²) in [6.45, 7) is 3.95. The number of aryl methyl sites for hydroxylation is 2. The largest absolute Gasteiger partial charge is 0.462 e. The van der Waals surface area contributed by atoms with Crippen LogP contribution in [0.15, 0.2) is 6.20 Å². The van der Waals surface area contributed by atoms with E-state index in [-0.39, 0.29) is 11.8 Å². The number of hydrogen-bond acceptors (Lipinski definition) is 4. The number of carbonyl (C=O) groups is 1. The number of esters is 1. The van der Waals surface area contributed by atoms with Gasteiger partial charge in [0, 0.05) is 12.4 Å². The van der Waals surface area contributed by atoms with Crippen molar-refractivity contribution in [1.29, 1.82) is 0 Å². The second-order valence-corrected chi connectivity index (χ2v) is 4.19. The van der Waals surface area contributed by atoms with Gasteiger partial charge in [0.05, 0.1) is 29.9 Å². The summed E-state index contributed by atoms with van der Waals surface area (Å²) in [4.78, 5) is 16.3. The van der Waals surface area contributed by atoms with Gasteiger partial charge in [0.1, 0.15) is 0 Å². The number of rotatable bonds is 3. The number of hydrogen-bond donors (Lipinski definition) is 0. The van der Waals surface area contributed by atoms with Gasteiger partial charge in [0.2, 0.25) is 0 Å². The van der Waals surface area contributed by atoms with Gasteiger partial charge in [-0.25, -0.2) is 9.78 Å². The average molecular weight is 268 g/mol. The van der Waals surface area contributed by atoms with E-state index in [2.05, 4.69) is 10.1 Å². The summed E-state index contributed by atoms with van der Waals surface area (Å²) in [5.41, 5.74) is 2.51. The number of pyridine rings is 1. The molecule has 0 bridgehead atoms. The van der Waals surface area contributed by atoms with Crippen molar-refractivity contribution >= 4 is 28.6 Å². The predicted molar refractivity (Wildman–Crippen MR) is 68.8 cm³/mol. The van der Waals surface area contributed by atoms with Crippen LogP contribution in [0.2, 0.25) is 0 Å². The lowest BCUT2D eigenvalue weighted by Crippen LogP contribution is -2.12. The minimum atomic E-state index is -0.385. The van der Waals surface area contributed by atoms with Crippen LogP contribution in [0.5, 0.6) is 0 Å². The van der Waals surface area contributed by atoms with Gasteiger partial charge in [-0.3, -0.25) is 4.68 Å². The van der Waals surface area contributed by atoms with Crippen molar-refractivity contribution in [1.82, 2.24) is 14.8 Å². The zero-order valence-corrected chi connectivity index (χ0v) is 11.3. The van der Waals surface area contributed by atoms with E-state index in [0.717, 1.165) is 16.6 Å². The van der Waals surface area contributed by atoms with E-state index >= 15 is 0 Å². The summed E-state index contributed by atoms with van der Waals surface area (Å²) in [5.74, 6) is -0.222. The minimum Gasteiger partial charge on any atom is -0.462 e. The number of carbonyl (C=O) groups excluding carboxylic acids is 1. The third-order valence-corrected chi connectivity index (χ3v) is 3.08. The van der Waals surface area contributed by atoms with Gasteiger partial charge in [0.25, 0.3) is 0 Å². The zero-order chi connectivity index (χ0) is 13.3. The van der Waals surface area contributed by atoms with Crippen LogP contribution in [0.1, 0.15) is 28.5 Å². The maximum absolute atomic E-state index is 11.9. The standard InChI is InChI=1S/C12H14ClN3O2/c1-4-18-12(17)10-7(2)8-6-14-16(3)11(8)15-9(10)5-13/h6H,4-5H2,1-3H3. The Morgan fingerprint density at radius 1 is 1.56 bits per heavy atom. The van der Waals surface area contributed by atoms with Crippen molar-refractivity contribution in [3.63, 3.8) is 0 Å². The van der Waals surface area contributed by atoms with Gasteiger partial charge in [-0.15, -0.1) is 11.6 Å². The summed E-state index contributed by atoms with van der Waals surface area (Å²) in [6.07, 6.45) is 1.69. The Balaban J connectivity index is 2.71. The Hall–Kier alpha value is -1.62. The average Bonchev–Trinajstić information content (AvgIpc) is 2.71. The van der Waals surface area contributed by atoms with Gasteiger partial charge < -0.3 is 4.74 Å². The van der Waals surface area contributed by atoms with Crippen molar-refractivity contribution in [2.45, 2.75) is 19.7 Å². The number of ether oxygens (including phenoxy) is 1. The smallest absolute Gasteiger partial charge is 0.340 e. The van der Waals surface area contributed by atoms with E-state index in [1.165, 1.54) is 0 Å². The van der Waals surface area contributed by atoms with Gasteiger partial charge >= 0.3 is 5.97 Å². The number of nitrogens with zero attached hydrogens (tertiary/aromatic N) is 3. The SMILES string of the molecule is CCOC(=O)c1c(CCl)nc2c(cnn2C)c1C. The molecule has 18 heavy (non-hydrogen) atoms. The van der Waals surface area contributed by atoms with Gasteiger partial charge in [-0.2, -0.15) is 5.10 Å². The number of aromatic nitrogens is 3. The number of fused-ring (bicyclic) bond motifs is 1. The first kappa shape index (κ1) is 12.8. The van der Waals surface area contributed by atoms with Crippen LogP contribution in [-0.2, 0) is 17.7 Å². The summed E-state index contributed by atoms with van der Waals surface area (Å²) in [6, 6.07) is 0. The highest BCUT2D eigenvalue weighted by molar-refractivity contribution is 6.17. The normalized spacial score (nSPS) is 10.9. The molecule has 2 aromatic heterocycles. The van der Waals surface area contributed by atoms with E-state index < -0.39 is 0 Å². The van der Waals surface area contributed by atoms with E-state index in [9.17, 15) is 4.79 Å². The van der Waals surface area contributed by atoms with Crippen molar-refractivity contribution in [2.24, 2.45) is 7.05 Å². The molecule has 2 aromatic rings. The summed E-state index contributed by atoms with van der Waals surface area (Å²) in [7, 11) is 1.80. The fourth-order valence-electron chi connectivity index (χ4n) is 1.93. The molecule has 5 nitrogen and oxygen atoms in total. The molecule has 0 aliphatic carbocycles. The first-order valence-electron chi connectivity index (χ1n) is 5.64. The van der Waals surface area contributed by atoms with Crippen LogP contribution >= 0.6 is 11.6 Å². The van der Waals surface area contributed by atoms with Gasteiger partial charge in [-0.05, 0) is 19.4 Å². The number of halogens is 1. The molecule has 6 heteroatoms. The third-order valence-electron chi connectivity index (χ3n) is 2.82. The maximum atomic E-state index is 11.9. The molecule has 0 fully saturated rings. The molecular formula is C12H14ClN3O2. The predicted octanol–water partition coefficient (Wildman–Crippen LogP) is 2.19. The molecule has 0 unspecified atom stereocenters. The topological polar surface area (TPSA) is 57.0 Å². The molecule has 0 amide bonds. The molecule has 0 aliphatic rings. The summed E-state index contributed by atoms with van der Waals surface area (Å²) < 4.78 is 6.70. The number of alkyl halides is 1. The van der Waals surface area contributed by atoms with E-state index in [0.29, 0.717) is 17.9 Å². The highest BCUT2D eigenvalue weighted by Gasteiger charge is 2.20. The molecule has 2 heterocycles. The summed E-state index contributed by atoms with van der Waals surface area (Å²) >= 11 is 5.87. The van der Waals surface area contributed by atoms with Crippen LogP contribution in [0, 0.1) is 6.92 Å². The van der Waals surface area contributed by atoms with Gasteiger partial charge in [-0.1, -0.05) is 0 Å². The molecule has 0 atom stereocenters. The molecule has 0 spiro atoms. The molecule has 0 aromatic carbocycles. The monoisotopic (exact) mass is 267 g/mol. The van der Waals surface area contributed by atoms with Crippen LogP contribution < -0.4 is 0 Å². The highest BCUT2D eigenvalue weighted by atomic mass is 35.5. The second kappa shape index (κ2) is 4.94. The molecule has 0 aliphatic heterocycles. The first-order valence-corrected chi connectivity index (χ1v) is 6.17.